The molecule has 8 nitrogen and oxygen atoms in total. The number of halogens is 1. The van der Waals surface area contributed by atoms with Gasteiger partial charge in [-0.2, -0.15) is 0 Å². The molecule has 2 fully saturated rings. The van der Waals surface area contributed by atoms with Gasteiger partial charge in [0.1, 0.15) is 17.5 Å². The van der Waals surface area contributed by atoms with E-state index in [4.69, 9.17) is 17.3 Å². The molecule has 0 bridgehead atoms. The topological polar surface area (TPSA) is 126 Å². The number of nitrogens with one attached hydrogen (secondary N) is 1. The molecule has 0 spiro atoms. The summed E-state index contributed by atoms with van der Waals surface area (Å²) in [6, 6.07) is -1.73. The van der Waals surface area contributed by atoms with Crippen LogP contribution in [-0.4, -0.2) is 55.0 Å². The summed E-state index contributed by atoms with van der Waals surface area (Å²) in [7, 11) is 0. The number of carboxylic acid groups (broad SMARTS) is 1. The zero-order chi connectivity index (χ0) is 18.5. The Labute approximate surface area is 156 Å². The number of fused-ring (bicyclic) bond motifs is 1. The molecule has 11 heteroatoms. The second kappa shape index (κ2) is 6.19. The quantitative estimate of drug-likeness (QED) is 0.505. The minimum Gasteiger partial charge on any atom is -0.480 e. The number of amides is 2. The van der Waals surface area contributed by atoms with Crippen molar-refractivity contribution >= 4 is 63.2 Å². The van der Waals surface area contributed by atoms with Gasteiger partial charge in [-0.05, 0) is 13.8 Å². The summed E-state index contributed by atoms with van der Waals surface area (Å²) in [5.41, 5.74) is 7.06. The number of carboxylic acids is 1. The van der Waals surface area contributed by atoms with Crippen molar-refractivity contribution in [1.82, 2.24) is 15.2 Å². The number of nitrogen functional groups attached to an aromatic ring is 1. The van der Waals surface area contributed by atoms with Crippen molar-refractivity contribution in [3.8, 4) is 0 Å². The highest BCUT2D eigenvalue weighted by Crippen LogP contribution is 2.50. The van der Waals surface area contributed by atoms with Crippen molar-refractivity contribution in [2.24, 2.45) is 0 Å². The molecule has 3 rings (SSSR count). The molecule has 4 N–H and O–H groups in total. The molecule has 1 aromatic rings. The van der Waals surface area contributed by atoms with Crippen LogP contribution in [0.25, 0.3) is 5.57 Å². The molecular formula is C14H15ClN4O4S2. The number of β-lactam (4-membered cyclic amide) rings is 1. The normalized spacial score (nSPS) is 27.6. The molecule has 0 saturated carbocycles. The third kappa shape index (κ3) is 2.87. The highest BCUT2D eigenvalue weighted by Gasteiger charge is 2.64. The zero-order valence-electron chi connectivity index (χ0n) is 13.2. The van der Waals surface area contributed by atoms with Gasteiger partial charge < -0.3 is 21.1 Å². The summed E-state index contributed by atoms with van der Waals surface area (Å²) in [4.78, 5) is 41.6. The van der Waals surface area contributed by atoms with Gasteiger partial charge in [0, 0.05) is 15.7 Å². The van der Waals surface area contributed by atoms with Crippen LogP contribution in [0.2, 0.25) is 0 Å². The van der Waals surface area contributed by atoms with Crippen LogP contribution >= 0.6 is 34.7 Å². The molecule has 3 atom stereocenters. The molecule has 2 amide bonds. The van der Waals surface area contributed by atoms with E-state index in [0.29, 0.717) is 10.8 Å². The van der Waals surface area contributed by atoms with Crippen molar-refractivity contribution in [3.63, 3.8) is 0 Å². The lowest BCUT2D eigenvalue weighted by Gasteiger charge is -2.43. The smallest absolute Gasteiger partial charge is 0.327 e. The van der Waals surface area contributed by atoms with E-state index in [1.165, 1.54) is 28.0 Å². The number of thioether (sulfide) groups is 1. The number of nitrogens with two attached hydrogens (primary N) is 1. The molecule has 0 aliphatic carbocycles. The van der Waals surface area contributed by atoms with E-state index in [1.807, 2.05) is 0 Å². The predicted octanol–water partition coefficient (Wildman–Crippen LogP) is 0.937. The van der Waals surface area contributed by atoms with Gasteiger partial charge in [-0.3, -0.25) is 9.59 Å². The Bertz CT molecular complexity index is 794. The monoisotopic (exact) mass is 402 g/mol. The highest BCUT2D eigenvalue weighted by molar-refractivity contribution is 8.01. The fraction of sp³-hybridized carbons (Fsp3) is 0.429. The number of carbonyl (C=O) groups is 3. The fourth-order valence-corrected chi connectivity index (χ4v) is 5.40. The number of aromatic nitrogens is 1. The first-order valence-electron chi connectivity index (χ1n) is 7.23. The SMILES string of the molecule is CC1(C)S[C@@H]2C(NC(=O)/C(=C/Cl)c3csc(N)n3)C(=O)N2[C@H]1C(=O)O. The van der Waals surface area contributed by atoms with Crippen LogP contribution in [0.5, 0.6) is 0 Å². The number of hydrogen-bond acceptors (Lipinski definition) is 7. The van der Waals surface area contributed by atoms with E-state index in [1.54, 1.807) is 19.2 Å². The summed E-state index contributed by atoms with van der Waals surface area (Å²) in [6.07, 6.45) is 0. The van der Waals surface area contributed by atoms with Gasteiger partial charge in [0.05, 0.1) is 11.3 Å². The molecule has 25 heavy (non-hydrogen) atoms. The van der Waals surface area contributed by atoms with Crippen molar-refractivity contribution < 1.29 is 19.5 Å². The van der Waals surface area contributed by atoms with E-state index in [2.05, 4.69) is 10.3 Å². The maximum Gasteiger partial charge on any atom is 0.327 e. The van der Waals surface area contributed by atoms with Crippen LogP contribution in [0.15, 0.2) is 10.9 Å². The molecule has 3 heterocycles. The zero-order valence-corrected chi connectivity index (χ0v) is 15.6. The van der Waals surface area contributed by atoms with Gasteiger partial charge in [-0.25, -0.2) is 9.78 Å². The largest absolute Gasteiger partial charge is 0.480 e. The Hall–Kier alpha value is -1.78. The Kier molecular flexibility index (Phi) is 4.46. The Morgan fingerprint density at radius 3 is 2.72 bits per heavy atom. The third-order valence-corrected chi connectivity index (χ3v) is 6.58. The molecule has 2 aliphatic rings. The first-order chi connectivity index (χ1) is 11.7. The van der Waals surface area contributed by atoms with Crippen molar-refractivity contribution in [2.75, 3.05) is 5.73 Å². The standard InChI is InChI=1S/C14H15ClN4O4S2/c1-14(2)8(12(22)23)19-10(21)7(11(19)25-14)18-9(20)5(3-15)6-4-24-13(16)17-6/h3-4,7-8,11H,1-2H3,(H2,16,17)(H,18,20)(H,22,23)/b5-3+/t7?,8-,11+/m0/s1. The maximum atomic E-state index is 12.5. The van der Waals surface area contributed by atoms with Crippen molar-refractivity contribution in [2.45, 2.75) is 36.1 Å². The second-order valence-corrected chi connectivity index (χ2v) is 9.02. The first kappa shape index (κ1) is 18.0. The number of nitrogens with zero attached hydrogens (tertiary/aromatic N) is 2. The van der Waals surface area contributed by atoms with Gasteiger partial charge in [0.2, 0.25) is 5.91 Å². The molecule has 1 unspecified atom stereocenters. The van der Waals surface area contributed by atoms with Gasteiger partial charge in [0.15, 0.2) is 5.13 Å². The van der Waals surface area contributed by atoms with Gasteiger partial charge >= 0.3 is 5.97 Å². The van der Waals surface area contributed by atoms with Crippen LogP contribution in [0.1, 0.15) is 19.5 Å². The average Bonchev–Trinajstić information content (AvgIpc) is 3.05. The highest BCUT2D eigenvalue weighted by atomic mass is 35.5. The minimum atomic E-state index is -1.06. The van der Waals surface area contributed by atoms with E-state index >= 15 is 0 Å². The Morgan fingerprint density at radius 1 is 1.52 bits per heavy atom. The fourth-order valence-electron chi connectivity index (χ4n) is 3.00. The lowest BCUT2D eigenvalue weighted by atomic mass is 9.96. The Morgan fingerprint density at radius 2 is 2.20 bits per heavy atom. The predicted molar refractivity (Wildman–Crippen MR) is 96.0 cm³/mol. The lowest BCUT2D eigenvalue weighted by Crippen LogP contribution is -2.70. The molecule has 0 radical (unpaired) electrons. The molecule has 0 aromatic carbocycles. The third-order valence-electron chi connectivity index (χ3n) is 4.11. The molecule has 2 saturated heterocycles. The van der Waals surface area contributed by atoms with Gasteiger partial charge in [-0.1, -0.05) is 11.6 Å². The minimum absolute atomic E-state index is 0.0953. The number of anilines is 1. The lowest BCUT2D eigenvalue weighted by molar-refractivity contribution is -0.160. The number of carbonyl (C=O) groups excluding carboxylic acids is 2. The number of rotatable bonds is 4. The van der Waals surface area contributed by atoms with Crippen LogP contribution in [-0.2, 0) is 14.4 Å². The second-order valence-electron chi connectivity index (χ2n) is 6.14. The molecular weight excluding hydrogens is 388 g/mol. The van der Waals surface area contributed by atoms with Gasteiger partial charge in [-0.15, -0.1) is 23.1 Å². The van der Waals surface area contributed by atoms with Crippen molar-refractivity contribution in [3.05, 3.63) is 16.6 Å². The van der Waals surface area contributed by atoms with E-state index < -0.39 is 40.0 Å². The summed E-state index contributed by atoms with van der Waals surface area (Å²) in [5.74, 6) is -2.04. The van der Waals surface area contributed by atoms with Crippen LogP contribution < -0.4 is 11.1 Å². The van der Waals surface area contributed by atoms with Crippen LogP contribution in [0.3, 0.4) is 0 Å². The summed E-state index contributed by atoms with van der Waals surface area (Å²) in [5, 5.41) is 13.5. The number of hydrogen-bond donors (Lipinski definition) is 3. The molecule has 2 aliphatic heterocycles. The maximum absolute atomic E-state index is 12.5. The summed E-state index contributed by atoms with van der Waals surface area (Å²) in [6.45, 7) is 3.53. The number of thiazole rings is 1. The van der Waals surface area contributed by atoms with Gasteiger partial charge in [0.25, 0.3) is 5.91 Å². The van der Waals surface area contributed by atoms with Crippen LogP contribution in [0.4, 0.5) is 5.13 Å². The van der Waals surface area contributed by atoms with E-state index in [-0.39, 0.29) is 5.57 Å². The van der Waals surface area contributed by atoms with Crippen LogP contribution in [0, 0.1) is 0 Å². The van der Waals surface area contributed by atoms with E-state index in [0.717, 1.165) is 5.54 Å². The average molecular weight is 403 g/mol. The Balaban J connectivity index is 1.76. The number of aliphatic carboxylic acids is 1. The van der Waals surface area contributed by atoms with E-state index in [9.17, 15) is 19.5 Å². The summed E-state index contributed by atoms with van der Waals surface area (Å²) < 4.78 is -0.653. The van der Waals surface area contributed by atoms with Crippen molar-refractivity contribution in [1.29, 1.82) is 0 Å². The first-order valence-corrected chi connectivity index (χ1v) is 9.42. The molecule has 1 aromatic heterocycles. The molecule has 134 valence electrons. The summed E-state index contributed by atoms with van der Waals surface area (Å²) >= 11 is 8.25.